The molecule has 2 rings (SSSR count). The van der Waals surface area contributed by atoms with Crippen LogP contribution in [0, 0.1) is 0 Å². The van der Waals surface area contributed by atoms with Crippen LogP contribution in [0.5, 0.6) is 0 Å². The number of rotatable bonds is 5. The number of nitrogens with one attached hydrogen (secondary N) is 1. The molecule has 3 nitrogen and oxygen atoms in total. The minimum absolute atomic E-state index is 0.385. The molecule has 0 aromatic heterocycles. The fraction of sp³-hybridized carbons (Fsp3) is 0.846. The molecule has 1 fully saturated rings. The average Bonchev–Trinajstić information content (AvgIpc) is 2.84. The molecule has 2 atom stereocenters. The SMILES string of the molecule is CC(CNCC1CCC=CO1)N1CCCC1. The molecule has 0 spiro atoms. The maximum Gasteiger partial charge on any atom is 0.110 e. The lowest BCUT2D eigenvalue weighted by Crippen LogP contribution is -2.41. The molecule has 2 aliphatic heterocycles. The topological polar surface area (TPSA) is 24.5 Å². The molecule has 0 saturated carbocycles. The Morgan fingerprint density at radius 2 is 2.25 bits per heavy atom. The molecular formula is C13H24N2O. The van der Waals surface area contributed by atoms with Gasteiger partial charge in [-0.2, -0.15) is 0 Å². The highest BCUT2D eigenvalue weighted by molar-refractivity contribution is 4.83. The van der Waals surface area contributed by atoms with Gasteiger partial charge in [0.25, 0.3) is 0 Å². The van der Waals surface area contributed by atoms with Crippen molar-refractivity contribution in [2.75, 3.05) is 26.2 Å². The molecule has 0 aromatic carbocycles. The maximum absolute atomic E-state index is 5.53. The van der Waals surface area contributed by atoms with Crippen molar-refractivity contribution in [2.45, 2.75) is 44.8 Å². The van der Waals surface area contributed by atoms with Gasteiger partial charge in [-0.15, -0.1) is 0 Å². The standard InChI is InChI=1S/C13H24N2O/c1-12(15-7-3-4-8-15)10-14-11-13-6-2-5-9-16-13/h5,9,12-14H,2-4,6-8,10-11H2,1H3. The minimum Gasteiger partial charge on any atom is -0.497 e. The fourth-order valence-corrected chi connectivity index (χ4v) is 2.50. The number of likely N-dealkylation sites (tertiary alicyclic amines) is 1. The highest BCUT2D eigenvalue weighted by atomic mass is 16.5. The number of hydrogen-bond acceptors (Lipinski definition) is 3. The van der Waals surface area contributed by atoms with Gasteiger partial charge in [0.15, 0.2) is 0 Å². The second-order valence-corrected chi connectivity index (χ2v) is 4.96. The average molecular weight is 224 g/mol. The zero-order chi connectivity index (χ0) is 11.2. The predicted molar refractivity (Wildman–Crippen MR) is 66.4 cm³/mol. The monoisotopic (exact) mass is 224 g/mol. The third-order valence-corrected chi connectivity index (χ3v) is 3.60. The van der Waals surface area contributed by atoms with Crippen LogP contribution in [0.4, 0.5) is 0 Å². The van der Waals surface area contributed by atoms with E-state index in [4.69, 9.17) is 4.74 Å². The summed E-state index contributed by atoms with van der Waals surface area (Å²) in [6.45, 7) is 6.96. The van der Waals surface area contributed by atoms with E-state index >= 15 is 0 Å². The summed E-state index contributed by atoms with van der Waals surface area (Å²) in [6.07, 6.45) is 9.40. The molecule has 2 heterocycles. The molecule has 16 heavy (non-hydrogen) atoms. The van der Waals surface area contributed by atoms with Crippen LogP contribution in [0.25, 0.3) is 0 Å². The van der Waals surface area contributed by atoms with Gasteiger partial charge >= 0.3 is 0 Å². The van der Waals surface area contributed by atoms with Crippen molar-refractivity contribution in [2.24, 2.45) is 0 Å². The molecule has 1 N–H and O–H groups in total. The van der Waals surface area contributed by atoms with Gasteiger partial charge in [0.05, 0.1) is 6.26 Å². The molecular weight excluding hydrogens is 200 g/mol. The number of allylic oxidation sites excluding steroid dienone is 1. The predicted octanol–water partition coefficient (Wildman–Crippen LogP) is 1.75. The van der Waals surface area contributed by atoms with Crippen LogP contribution >= 0.6 is 0 Å². The van der Waals surface area contributed by atoms with Crippen LogP contribution in [0.15, 0.2) is 12.3 Å². The van der Waals surface area contributed by atoms with Crippen LogP contribution in [-0.2, 0) is 4.74 Å². The summed E-state index contributed by atoms with van der Waals surface area (Å²) in [7, 11) is 0. The lowest BCUT2D eigenvalue weighted by Gasteiger charge is -2.25. The zero-order valence-corrected chi connectivity index (χ0v) is 10.3. The van der Waals surface area contributed by atoms with Gasteiger partial charge in [-0.3, -0.25) is 4.90 Å². The van der Waals surface area contributed by atoms with Crippen molar-refractivity contribution in [3.05, 3.63) is 12.3 Å². The van der Waals surface area contributed by atoms with E-state index < -0.39 is 0 Å². The van der Waals surface area contributed by atoms with E-state index in [9.17, 15) is 0 Å². The van der Waals surface area contributed by atoms with Crippen molar-refractivity contribution in [3.63, 3.8) is 0 Å². The van der Waals surface area contributed by atoms with Crippen LogP contribution in [0.2, 0.25) is 0 Å². The van der Waals surface area contributed by atoms with Crippen molar-refractivity contribution in [3.8, 4) is 0 Å². The van der Waals surface area contributed by atoms with Crippen LogP contribution in [-0.4, -0.2) is 43.2 Å². The van der Waals surface area contributed by atoms with E-state index in [1.807, 2.05) is 6.26 Å². The molecule has 0 aromatic rings. The first-order valence-electron chi connectivity index (χ1n) is 6.61. The summed E-state index contributed by atoms with van der Waals surface area (Å²) < 4.78 is 5.53. The van der Waals surface area contributed by atoms with Gasteiger partial charge in [0.2, 0.25) is 0 Å². The summed E-state index contributed by atoms with van der Waals surface area (Å²) in [4.78, 5) is 2.58. The number of ether oxygens (including phenoxy) is 1. The molecule has 0 bridgehead atoms. The second kappa shape index (κ2) is 6.26. The Kier molecular flexibility index (Phi) is 4.67. The van der Waals surface area contributed by atoms with E-state index in [1.165, 1.54) is 25.9 Å². The highest BCUT2D eigenvalue weighted by Gasteiger charge is 2.18. The van der Waals surface area contributed by atoms with Crippen LogP contribution in [0.3, 0.4) is 0 Å². The van der Waals surface area contributed by atoms with Crippen LogP contribution in [0.1, 0.15) is 32.6 Å². The summed E-state index contributed by atoms with van der Waals surface area (Å²) in [6, 6.07) is 0.668. The second-order valence-electron chi connectivity index (χ2n) is 4.96. The first kappa shape index (κ1) is 11.9. The normalized spacial score (nSPS) is 27.9. The molecule has 0 radical (unpaired) electrons. The molecule has 2 unspecified atom stereocenters. The zero-order valence-electron chi connectivity index (χ0n) is 10.3. The Morgan fingerprint density at radius 1 is 1.44 bits per heavy atom. The lowest BCUT2D eigenvalue weighted by atomic mass is 10.1. The Bertz CT molecular complexity index is 224. The van der Waals surface area contributed by atoms with Crippen molar-refractivity contribution >= 4 is 0 Å². The third kappa shape index (κ3) is 3.49. The lowest BCUT2D eigenvalue weighted by molar-refractivity contribution is 0.119. The van der Waals surface area contributed by atoms with Gasteiger partial charge in [0, 0.05) is 19.1 Å². The summed E-state index contributed by atoms with van der Waals surface area (Å²) >= 11 is 0. The Labute approximate surface area is 98.8 Å². The van der Waals surface area contributed by atoms with E-state index in [2.05, 4.69) is 23.2 Å². The van der Waals surface area contributed by atoms with Crippen molar-refractivity contribution in [1.82, 2.24) is 10.2 Å². The van der Waals surface area contributed by atoms with Gasteiger partial charge in [0.1, 0.15) is 6.10 Å². The van der Waals surface area contributed by atoms with E-state index in [0.717, 1.165) is 25.9 Å². The Hall–Kier alpha value is -0.540. The number of hydrogen-bond donors (Lipinski definition) is 1. The van der Waals surface area contributed by atoms with Gasteiger partial charge in [-0.25, -0.2) is 0 Å². The van der Waals surface area contributed by atoms with Crippen molar-refractivity contribution in [1.29, 1.82) is 0 Å². The first-order valence-corrected chi connectivity index (χ1v) is 6.61. The number of nitrogens with zero attached hydrogens (tertiary/aromatic N) is 1. The Balaban J connectivity index is 1.58. The maximum atomic E-state index is 5.53. The summed E-state index contributed by atoms with van der Waals surface area (Å²) in [5.74, 6) is 0. The van der Waals surface area contributed by atoms with Crippen molar-refractivity contribution < 1.29 is 4.74 Å². The first-order chi connectivity index (χ1) is 7.86. The summed E-state index contributed by atoms with van der Waals surface area (Å²) in [5, 5.41) is 3.53. The smallest absolute Gasteiger partial charge is 0.110 e. The van der Waals surface area contributed by atoms with E-state index in [0.29, 0.717) is 12.1 Å². The van der Waals surface area contributed by atoms with Gasteiger partial charge in [-0.1, -0.05) is 0 Å². The third-order valence-electron chi connectivity index (χ3n) is 3.60. The molecule has 3 heteroatoms. The van der Waals surface area contributed by atoms with E-state index in [-0.39, 0.29) is 0 Å². The summed E-state index contributed by atoms with van der Waals surface area (Å²) in [5.41, 5.74) is 0. The molecule has 92 valence electrons. The quantitative estimate of drug-likeness (QED) is 0.770. The van der Waals surface area contributed by atoms with E-state index in [1.54, 1.807) is 0 Å². The van der Waals surface area contributed by atoms with Gasteiger partial charge < -0.3 is 10.1 Å². The van der Waals surface area contributed by atoms with Gasteiger partial charge in [-0.05, 0) is 51.8 Å². The highest BCUT2D eigenvalue weighted by Crippen LogP contribution is 2.11. The molecule has 0 amide bonds. The fourth-order valence-electron chi connectivity index (χ4n) is 2.50. The largest absolute Gasteiger partial charge is 0.497 e. The minimum atomic E-state index is 0.385. The molecule has 0 aliphatic carbocycles. The molecule has 1 saturated heterocycles. The van der Waals surface area contributed by atoms with Crippen LogP contribution < -0.4 is 5.32 Å². The Morgan fingerprint density at radius 3 is 2.94 bits per heavy atom. The molecule has 2 aliphatic rings.